The molecule has 4 atom stereocenters. The van der Waals surface area contributed by atoms with Gasteiger partial charge < -0.3 is 49.5 Å². The van der Waals surface area contributed by atoms with Gasteiger partial charge in [0, 0.05) is 106 Å². The zero-order valence-corrected chi connectivity index (χ0v) is 51.3. The normalized spacial score (nSPS) is 15.7. The molecule has 466 valence electrons. The molecule has 2 aromatic heterocycles. The predicted octanol–water partition coefficient (Wildman–Crippen LogP) is 8.51. The van der Waals surface area contributed by atoms with Crippen LogP contribution < -0.4 is 45.3 Å². The highest BCUT2D eigenvalue weighted by molar-refractivity contribution is 8.00. The molecule has 9 rings (SSSR count). The van der Waals surface area contributed by atoms with Gasteiger partial charge in [-0.15, -0.1) is 0 Å². The SMILES string of the molecule is COc1cc2c(cc1OCCCC(=O)Nc1ccc(-c3cc(C(=O)Nc4cn(C)cn4)n(C)c3)cc1)N(C(=O)Oc1ccc(NC(=O)[C@@H](C)CC(=O)[C@@H](C)NC(=O)CCCCC(=O)CCCN3C(=O)CC(SC)C3=O)cc1)C[C@@H]1Cc3ccccc3N1C2=O. The van der Waals surface area contributed by atoms with Crippen molar-refractivity contribution in [2.75, 3.05) is 58.8 Å². The third-order valence-electron chi connectivity index (χ3n) is 15.8. The van der Waals surface area contributed by atoms with Crippen molar-refractivity contribution in [1.29, 1.82) is 0 Å². The molecule has 1 saturated heterocycles. The van der Waals surface area contributed by atoms with Gasteiger partial charge in [-0.05, 0) is 111 Å². The van der Waals surface area contributed by atoms with E-state index in [1.165, 1.54) is 46.9 Å². The molecule has 23 nitrogen and oxygen atoms in total. The number of amides is 8. The van der Waals surface area contributed by atoms with Crippen LogP contribution in [-0.2, 0) is 54.1 Å². The fourth-order valence-corrected chi connectivity index (χ4v) is 11.6. The topological polar surface area (TPSA) is 279 Å². The van der Waals surface area contributed by atoms with Crippen molar-refractivity contribution in [3.8, 4) is 28.4 Å². The van der Waals surface area contributed by atoms with Gasteiger partial charge in [0.15, 0.2) is 23.1 Å². The molecular formula is C65H72N10O13S. The lowest BCUT2D eigenvalue weighted by molar-refractivity contribution is -0.138. The average molecular weight is 1230 g/mol. The van der Waals surface area contributed by atoms with Crippen LogP contribution in [0.2, 0.25) is 0 Å². The minimum Gasteiger partial charge on any atom is -0.493 e. The van der Waals surface area contributed by atoms with E-state index < -0.39 is 30.0 Å². The Labute approximate surface area is 519 Å². The number of hydrogen-bond donors (Lipinski definition) is 4. The van der Waals surface area contributed by atoms with Gasteiger partial charge in [0.25, 0.3) is 11.8 Å². The molecule has 0 spiro atoms. The van der Waals surface area contributed by atoms with E-state index in [0.29, 0.717) is 55.0 Å². The molecule has 1 fully saturated rings. The summed E-state index contributed by atoms with van der Waals surface area (Å²) in [5, 5.41) is 10.8. The highest BCUT2D eigenvalue weighted by Gasteiger charge is 2.43. The second-order valence-electron chi connectivity index (χ2n) is 22.4. The fraction of sp³-hybridized carbons (Fsp3) is 0.369. The number of nitrogens with one attached hydrogen (secondary N) is 4. The van der Waals surface area contributed by atoms with Gasteiger partial charge in [-0.2, -0.15) is 11.8 Å². The molecule has 0 aliphatic carbocycles. The number of aryl methyl sites for hydroxylation is 2. The minimum absolute atomic E-state index is 0.0176. The Hall–Kier alpha value is -9.58. The summed E-state index contributed by atoms with van der Waals surface area (Å²) in [6.07, 6.45) is 8.92. The second-order valence-corrected chi connectivity index (χ2v) is 23.4. The van der Waals surface area contributed by atoms with E-state index in [1.54, 1.807) is 90.1 Å². The average Bonchev–Trinajstić information content (AvgIpc) is 1.70. The number of unbranched alkanes of at least 4 members (excludes halogenated alkanes) is 1. The third kappa shape index (κ3) is 15.8. The van der Waals surface area contributed by atoms with Crippen molar-refractivity contribution in [2.24, 2.45) is 20.0 Å². The molecule has 4 N–H and O–H groups in total. The van der Waals surface area contributed by atoms with Crippen molar-refractivity contribution < 1.29 is 62.2 Å². The highest BCUT2D eigenvalue weighted by atomic mass is 32.2. The number of ether oxygens (including phenoxy) is 3. The number of para-hydroxylation sites is 1. The van der Waals surface area contributed by atoms with E-state index in [1.807, 2.05) is 49.6 Å². The molecule has 6 aromatic rings. The maximum absolute atomic E-state index is 14.6. The number of ketones is 2. The molecule has 4 aromatic carbocycles. The summed E-state index contributed by atoms with van der Waals surface area (Å²) in [6.45, 7) is 3.49. The number of rotatable bonds is 27. The van der Waals surface area contributed by atoms with Crippen molar-refractivity contribution in [3.63, 3.8) is 0 Å². The van der Waals surface area contributed by atoms with Gasteiger partial charge in [0.05, 0.1) is 55.2 Å². The lowest BCUT2D eigenvalue weighted by atomic mass is 9.99. The number of imidazole rings is 1. The van der Waals surface area contributed by atoms with Gasteiger partial charge in [-0.1, -0.05) is 37.3 Å². The number of imide groups is 1. The van der Waals surface area contributed by atoms with Crippen LogP contribution in [0.3, 0.4) is 0 Å². The largest absolute Gasteiger partial charge is 0.493 e. The molecule has 0 radical (unpaired) electrons. The van der Waals surface area contributed by atoms with E-state index in [4.69, 9.17) is 14.2 Å². The van der Waals surface area contributed by atoms with Gasteiger partial charge in [-0.25, -0.2) is 9.78 Å². The first-order chi connectivity index (χ1) is 42.8. The number of hydrogen-bond acceptors (Lipinski definition) is 15. The Kier molecular flexibility index (Phi) is 20.8. The first kappa shape index (κ1) is 63.9. The summed E-state index contributed by atoms with van der Waals surface area (Å²) in [5.74, 6) is -2.22. The van der Waals surface area contributed by atoms with Crippen LogP contribution in [0.1, 0.15) is 104 Å². The minimum atomic E-state index is -0.860. The number of nitrogens with zero attached hydrogens (tertiary/aromatic N) is 6. The Balaban J connectivity index is 0.751. The molecule has 3 aliphatic rings. The van der Waals surface area contributed by atoms with Crippen LogP contribution in [0, 0.1) is 5.92 Å². The van der Waals surface area contributed by atoms with Crippen LogP contribution in [-0.4, -0.2) is 128 Å². The highest BCUT2D eigenvalue weighted by Crippen LogP contribution is 2.43. The van der Waals surface area contributed by atoms with E-state index in [9.17, 15) is 47.9 Å². The summed E-state index contributed by atoms with van der Waals surface area (Å²) in [6, 6.07) is 24.5. The molecule has 24 heteroatoms. The monoisotopic (exact) mass is 1230 g/mol. The Morgan fingerprint density at radius 1 is 0.742 bits per heavy atom. The van der Waals surface area contributed by atoms with Crippen LogP contribution in [0.15, 0.2) is 110 Å². The Bertz CT molecular complexity index is 3680. The summed E-state index contributed by atoms with van der Waals surface area (Å²) < 4.78 is 21.4. The van der Waals surface area contributed by atoms with Crippen LogP contribution in [0.5, 0.6) is 17.2 Å². The smallest absolute Gasteiger partial charge is 0.419 e. The van der Waals surface area contributed by atoms with Crippen molar-refractivity contribution in [2.45, 2.75) is 102 Å². The van der Waals surface area contributed by atoms with E-state index in [0.717, 1.165) is 22.4 Å². The van der Waals surface area contributed by atoms with Crippen LogP contribution in [0.4, 0.5) is 33.4 Å². The number of likely N-dealkylation sites (tertiary alicyclic amines) is 1. The van der Waals surface area contributed by atoms with Gasteiger partial charge in [0.1, 0.15) is 17.2 Å². The number of aromatic nitrogens is 3. The molecule has 3 aliphatic heterocycles. The molecule has 8 amide bonds. The molecule has 0 bridgehead atoms. The standard InChI is InChI=1S/C65H72N10O13S/c1-39(29-53(77)40(2)67-58(78)17-10-8-14-47(76)15-11-27-73-60(80)34-56(89-6)64(73)84)61(81)69-45-23-25-48(26-24-45)88-65(85)74-36-46-30-42-13-7-9-16-50(42)75(46)63(83)49-32-54(86-5)55(33-51(49)74)87-28-12-18-59(79)68-44-21-19-41(20-22-44)43-31-52(72(4)35-43)62(82)70-57-37-71(3)38-66-57/h7,9,13,16,19-26,31-33,35,37-40,46,56H,8,10-12,14-15,17-18,27-30,34,36H2,1-6H3,(H,67,78)(H,68,79)(H,69,81)(H,70,82)/t39-,40+,46-,56?/m0/s1. The lowest BCUT2D eigenvalue weighted by Crippen LogP contribution is -2.44. The summed E-state index contributed by atoms with van der Waals surface area (Å²) in [5.41, 5.74) is 5.12. The molecule has 1 unspecified atom stereocenters. The van der Waals surface area contributed by atoms with Crippen molar-refractivity contribution in [3.05, 3.63) is 127 Å². The number of anilines is 5. The number of carbonyl (C=O) groups is 10. The number of fused-ring (bicyclic) bond motifs is 4. The lowest BCUT2D eigenvalue weighted by Gasteiger charge is -2.26. The van der Waals surface area contributed by atoms with Gasteiger partial charge in [0.2, 0.25) is 29.5 Å². The van der Waals surface area contributed by atoms with Crippen molar-refractivity contribution in [1.82, 2.24) is 24.3 Å². The number of thioether (sulfide) groups is 1. The zero-order chi connectivity index (χ0) is 63.5. The first-order valence-corrected chi connectivity index (χ1v) is 30.8. The number of Topliss-reactive ketones (excluding diaryl/α,β-unsaturated/α-hetero) is 2. The van der Waals surface area contributed by atoms with Crippen LogP contribution in [0.25, 0.3) is 11.1 Å². The van der Waals surface area contributed by atoms with Crippen molar-refractivity contribution >= 4 is 99.3 Å². The summed E-state index contributed by atoms with van der Waals surface area (Å²) in [7, 11) is 5.04. The molecule has 0 saturated carbocycles. The predicted molar refractivity (Wildman–Crippen MR) is 335 cm³/mol. The fourth-order valence-electron chi connectivity index (χ4n) is 10.9. The van der Waals surface area contributed by atoms with Crippen LogP contribution >= 0.6 is 11.8 Å². The second kappa shape index (κ2) is 29.0. The quantitative estimate of drug-likeness (QED) is 0.0278. The zero-order valence-electron chi connectivity index (χ0n) is 50.5. The number of carbonyl (C=O) groups excluding carboxylic acids is 10. The van der Waals surface area contributed by atoms with E-state index in [2.05, 4.69) is 26.3 Å². The third-order valence-corrected chi connectivity index (χ3v) is 16.7. The van der Waals surface area contributed by atoms with E-state index in [-0.39, 0.29) is 139 Å². The van der Waals surface area contributed by atoms with E-state index >= 15 is 0 Å². The molecule has 89 heavy (non-hydrogen) atoms. The Morgan fingerprint density at radius 2 is 1.45 bits per heavy atom. The number of methoxy groups -OCH3 is 1. The maximum atomic E-state index is 14.6. The Morgan fingerprint density at radius 3 is 2.17 bits per heavy atom. The summed E-state index contributed by atoms with van der Waals surface area (Å²) in [4.78, 5) is 140. The molecular weight excluding hydrogens is 1160 g/mol. The number of benzene rings is 4. The maximum Gasteiger partial charge on any atom is 0.419 e. The first-order valence-electron chi connectivity index (χ1n) is 29.5. The molecule has 5 heterocycles. The van der Waals surface area contributed by atoms with Gasteiger partial charge in [-0.3, -0.25) is 53.0 Å². The summed E-state index contributed by atoms with van der Waals surface area (Å²) >= 11 is 1.34. The van der Waals surface area contributed by atoms with Gasteiger partial charge >= 0.3 is 6.09 Å².